The summed E-state index contributed by atoms with van der Waals surface area (Å²) in [5, 5.41) is 0.664. The molecule has 2 rings (SSSR count). The third-order valence-electron chi connectivity index (χ3n) is 2.66. The fourth-order valence-electron chi connectivity index (χ4n) is 1.65. The molecule has 0 amide bonds. The van der Waals surface area contributed by atoms with Crippen LogP contribution in [-0.2, 0) is 4.79 Å². The van der Waals surface area contributed by atoms with E-state index in [9.17, 15) is 4.79 Å². The number of para-hydroxylation sites is 1. The van der Waals surface area contributed by atoms with Crippen LogP contribution in [0.1, 0.15) is 18.4 Å². The molecule has 0 aromatic heterocycles. The van der Waals surface area contributed by atoms with E-state index in [0.717, 1.165) is 11.8 Å². The molecule has 18 heavy (non-hydrogen) atoms. The molecule has 0 aliphatic heterocycles. The maximum absolute atomic E-state index is 10.9. The van der Waals surface area contributed by atoms with E-state index in [4.69, 9.17) is 16.3 Å². The first kappa shape index (κ1) is 12.7. The van der Waals surface area contributed by atoms with Crippen molar-refractivity contribution >= 4 is 17.9 Å². The summed E-state index contributed by atoms with van der Waals surface area (Å²) in [4.78, 5) is 10.9. The zero-order chi connectivity index (χ0) is 13.0. The SMILES string of the molecule is CC(C=O)c1ccccc1Oc1ccc(Cl)cc1. The molecular formula is C15H13ClO2. The summed E-state index contributed by atoms with van der Waals surface area (Å²) >= 11 is 5.82. The largest absolute Gasteiger partial charge is 0.457 e. The highest BCUT2D eigenvalue weighted by atomic mass is 35.5. The van der Waals surface area contributed by atoms with E-state index in [-0.39, 0.29) is 5.92 Å². The summed E-state index contributed by atoms with van der Waals surface area (Å²) in [5.74, 6) is 1.21. The van der Waals surface area contributed by atoms with Gasteiger partial charge in [-0.3, -0.25) is 0 Å². The Hall–Kier alpha value is -1.80. The van der Waals surface area contributed by atoms with Crippen molar-refractivity contribution < 1.29 is 9.53 Å². The second-order valence-electron chi connectivity index (χ2n) is 4.02. The lowest BCUT2D eigenvalue weighted by Gasteiger charge is -2.12. The van der Waals surface area contributed by atoms with E-state index in [1.807, 2.05) is 31.2 Å². The van der Waals surface area contributed by atoms with Crippen LogP contribution in [0.2, 0.25) is 5.02 Å². The molecule has 3 heteroatoms. The number of halogens is 1. The molecule has 92 valence electrons. The minimum Gasteiger partial charge on any atom is -0.457 e. The standard InChI is InChI=1S/C15H13ClO2/c1-11(10-17)14-4-2-3-5-15(14)18-13-8-6-12(16)7-9-13/h2-11H,1H3. The van der Waals surface area contributed by atoms with Crippen molar-refractivity contribution in [3.63, 3.8) is 0 Å². The fourth-order valence-corrected chi connectivity index (χ4v) is 1.78. The Bertz CT molecular complexity index is 534. The van der Waals surface area contributed by atoms with Crippen LogP contribution in [0.5, 0.6) is 11.5 Å². The quantitative estimate of drug-likeness (QED) is 0.760. The van der Waals surface area contributed by atoms with Crippen LogP contribution in [0.25, 0.3) is 0 Å². The molecule has 0 saturated heterocycles. The van der Waals surface area contributed by atoms with Gasteiger partial charge in [0.05, 0.1) is 0 Å². The van der Waals surface area contributed by atoms with Crippen molar-refractivity contribution in [1.29, 1.82) is 0 Å². The van der Waals surface area contributed by atoms with Gasteiger partial charge in [0.2, 0.25) is 0 Å². The van der Waals surface area contributed by atoms with E-state index in [1.54, 1.807) is 24.3 Å². The minimum atomic E-state index is -0.187. The number of aldehydes is 1. The molecule has 0 fully saturated rings. The Labute approximate surface area is 111 Å². The molecule has 0 bridgehead atoms. The zero-order valence-electron chi connectivity index (χ0n) is 9.97. The highest BCUT2D eigenvalue weighted by Gasteiger charge is 2.10. The van der Waals surface area contributed by atoms with Crippen LogP contribution in [-0.4, -0.2) is 6.29 Å². The molecule has 0 radical (unpaired) electrons. The second-order valence-corrected chi connectivity index (χ2v) is 4.46. The summed E-state index contributed by atoms with van der Waals surface area (Å²) in [5.41, 5.74) is 0.877. The first-order chi connectivity index (χ1) is 8.70. The molecule has 0 heterocycles. The lowest BCUT2D eigenvalue weighted by atomic mass is 10.0. The van der Waals surface area contributed by atoms with Gasteiger partial charge in [0.15, 0.2) is 0 Å². The number of benzene rings is 2. The van der Waals surface area contributed by atoms with Crippen molar-refractivity contribution in [3.05, 3.63) is 59.1 Å². The highest BCUT2D eigenvalue weighted by molar-refractivity contribution is 6.30. The van der Waals surface area contributed by atoms with Crippen molar-refractivity contribution in [2.75, 3.05) is 0 Å². The maximum Gasteiger partial charge on any atom is 0.131 e. The molecule has 0 N–H and O–H groups in total. The van der Waals surface area contributed by atoms with E-state index < -0.39 is 0 Å². The summed E-state index contributed by atoms with van der Waals surface area (Å²) < 4.78 is 5.77. The molecule has 1 atom stereocenters. The van der Waals surface area contributed by atoms with Crippen LogP contribution in [0.4, 0.5) is 0 Å². The third kappa shape index (κ3) is 2.90. The lowest BCUT2D eigenvalue weighted by Crippen LogP contribution is -1.97. The number of ether oxygens (including phenoxy) is 1. The Balaban J connectivity index is 2.28. The summed E-state index contributed by atoms with van der Waals surface area (Å²) in [7, 11) is 0. The Morgan fingerprint density at radius 3 is 2.44 bits per heavy atom. The van der Waals surface area contributed by atoms with Crippen LogP contribution in [0.3, 0.4) is 0 Å². The number of carbonyl (C=O) groups excluding carboxylic acids is 1. The molecule has 0 aliphatic carbocycles. The van der Waals surface area contributed by atoms with Crippen molar-refractivity contribution in [3.8, 4) is 11.5 Å². The summed E-state index contributed by atoms with van der Waals surface area (Å²) in [6.07, 6.45) is 0.907. The average Bonchev–Trinajstić information content (AvgIpc) is 2.41. The number of rotatable bonds is 4. The van der Waals surface area contributed by atoms with Gasteiger partial charge in [-0.25, -0.2) is 0 Å². The lowest BCUT2D eigenvalue weighted by molar-refractivity contribution is -0.108. The van der Waals surface area contributed by atoms with Gasteiger partial charge in [-0.05, 0) is 30.3 Å². The number of hydrogen-bond acceptors (Lipinski definition) is 2. The van der Waals surface area contributed by atoms with Crippen LogP contribution in [0, 0.1) is 0 Å². The van der Waals surface area contributed by atoms with E-state index in [0.29, 0.717) is 16.5 Å². The number of carbonyl (C=O) groups is 1. The van der Waals surface area contributed by atoms with Gasteiger partial charge in [0.25, 0.3) is 0 Å². The van der Waals surface area contributed by atoms with Crippen LogP contribution < -0.4 is 4.74 Å². The molecule has 0 aliphatic rings. The highest BCUT2D eigenvalue weighted by Crippen LogP contribution is 2.30. The average molecular weight is 261 g/mol. The summed E-state index contributed by atoms with van der Waals surface area (Å²) in [6, 6.07) is 14.6. The molecule has 0 saturated carbocycles. The molecule has 2 aromatic rings. The minimum absolute atomic E-state index is 0.187. The van der Waals surface area contributed by atoms with Gasteiger partial charge in [-0.15, -0.1) is 0 Å². The first-order valence-corrected chi connectivity index (χ1v) is 6.06. The van der Waals surface area contributed by atoms with Crippen molar-refractivity contribution in [2.45, 2.75) is 12.8 Å². The second kappa shape index (κ2) is 5.69. The summed E-state index contributed by atoms with van der Waals surface area (Å²) in [6.45, 7) is 1.84. The fraction of sp³-hybridized carbons (Fsp3) is 0.133. The monoisotopic (exact) mass is 260 g/mol. The molecule has 0 spiro atoms. The van der Waals surface area contributed by atoms with Gasteiger partial charge < -0.3 is 9.53 Å². The van der Waals surface area contributed by atoms with Gasteiger partial charge >= 0.3 is 0 Å². The predicted molar refractivity (Wildman–Crippen MR) is 72.4 cm³/mol. The van der Waals surface area contributed by atoms with Gasteiger partial charge in [-0.2, -0.15) is 0 Å². The molecule has 1 unspecified atom stereocenters. The van der Waals surface area contributed by atoms with Gasteiger partial charge in [0.1, 0.15) is 17.8 Å². The zero-order valence-corrected chi connectivity index (χ0v) is 10.7. The van der Waals surface area contributed by atoms with Crippen LogP contribution in [0.15, 0.2) is 48.5 Å². The Kier molecular flexibility index (Phi) is 4.00. The van der Waals surface area contributed by atoms with Gasteiger partial charge in [-0.1, -0.05) is 36.7 Å². The molecule has 2 aromatic carbocycles. The maximum atomic E-state index is 10.9. The Morgan fingerprint density at radius 2 is 1.78 bits per heavy atom. The normalized spacial score (nSPS) is 11.9. The first-order valence-electron chi connectivity index (χ1n) is 5.68. The van der Waals surface area contributed by atoms with Gasteiger partial charge in [0, 0.05) is 16.5 Å². The Morgan fingerprint density at radius 1 is 1.11 bits per heavy atom. The third-order valence-corrected chi connectivity index (χ3v) is 2.91. The smallest absolute Gasteiger partial charge is 0.131 e. The topological polar surface area (TPSA) is 26.3 Å². The number of hydrogen-bond donors (Lipinski definition) is 0. The van der Waals surface area contributed by atoms with E-state index >= 15 is 0 Å². The van der Waals surface area contributed by atoms with E-state index in [2.05, 4.69) is 0 Å². The van der Waals surface area contributed by atoms with Crippen LogP contribution >= 0.6 is 11.6 Å². The van der Waals surface area contributed by atoms with Crippen molar-refractivity contribution in [1.82, 2.24) is 0 Å². The predicted octanol–water partition coefficient (Wildman–Crippen LogP) is 4.43. The van der Waals surface area contributed by atoms with E-state index in [1.165, 1.54) is 0 Å². The molecule has 2 nitrogen and oxygen atoms in total. The molecular weight excluding hydrogens is 248 g/mol. The van der Waals surface area contributed by atoms with Crippen molar-refractivity contribution in [2.24, 2.45) is 0 Å².